The average Bonchev–Trinajstić information content (AvgIpc) is 2.88. The molecule has 37 heavy (non-hydrogen) atoms. The van der Waals surface area contributed by atoms with Gasteiger partial charge in [0.05, 0.1) is 26.4 Å². The lowest BCUT2D eigenvalue weighted by Gasteiger charge is -2.39. The molecule has 0 aliphatic rings. The molecule has 0 bridgehead atoms. The van der Waals surface area contributed by atoms with Crippen LogP contribution >= 0.6 is 0 Å². The van der Waals surface area contributed by atoms with Crippen molar-refractivity contribution in [2.45, 2.75) is 76.5 Å². The minimum Gasteiger partial charge on any atom is -0.414 e. The lowest BCUT2D eigenvalue weighted by molar-refractivity contribution is -0.377. The van der Waals surface area contributed by atoms with Gasteiger partial charge in [-0.3, -0.25) is 0 Å². The van der Waals surface area contributed by atoms with Crippen LogP contribution < -0.4 is 0 Å². The summed E-state index contributed by atoms with van der Waals surface area (Å²) in [4.78, 5) is 10.2. The molecule has 0 fully saturated rings. The second-order valence-electron chi connectivity index (χ2n) is 10.5. The van der Waals surface area contributed by atoms with E-state index in [1.54, 1.807) is 0 Å². The molecule has 4 atom stereocenters. The Morgan fingerprint density at radius 2 is 1.38 bits per heavy atom. The van der Waals surface area contributed by atoms with Gasteiger partial charge in [-0.25, -0.2) is 9.78 Å². The van der Waals surface area contributed by atoms with Gasteiger partial charge in [0.15, 0.2) is 15.1 Å². The maximum absolute atomic E-state index is 11.3. The third-order valence-electron chi connectivity index (χ3n) is 6.63. The fourth-order valence-electron chi connectivity index (χ4n) is 3.28. The van der Waals surface area contributed by atoms with Crippen LogP contribution in [0.25, 0.3) is 0 Å². The molecule has 0 aromatic heterocycles. The first-order chi connectivity index (χ1) is 17.6. The van der Waals surface area contributed by atoms with E-state index in [0.29, 0.717) is 6.61 Å². The lowest BCUT2D eigenvalue weighted by atomic mass is 10.0. The monoisotopic (exact) mass is 536 g/mol. The van der Waals surface area contributed by atoms with Gasteiger partial charge >= 0.3 is 0 Å². The maximum Gasteiger partial charge on any atom is 0.192 e. The second-order valence-corrected chi connectivity index (χ2v) is 15.3. The molecule has 0 saturated carbocycles. The van der Waals surface area contributed by atoms with Crippen molar-refractivity contribution in [1.82, 2.24) is 0 Å². The van der Waals surface area contributed by atoms with E-state index in [2.05, 4.69) is 33.9 Å². The van der Waals surface area contributed by atoms with E-state index < -0.39 is 39.3 Å². The Morgan fingerprint density at radius 3 is 1.86 bits per heavy atom. The molecule has 9 heteroatoms. The highest BCUT2D eigenvalue weighted by Gasteiger charge is 2.41. The highest BCUT2D eigenvalue weighted by molar-refractivity contribution is 6.74. The van der Waals surface area contributed by atoms with Crippen LogP contribution in [0.1, 0.15) is 31.9 Å². The molecule has 0 spiro atoms. The summed E-state index contributed by atoms with van der Waals surface area (Å²) in [6.45, 7) is 10.9. The van der Waals surface area contributed by atoms with Gasteiger partial charge in [-0.1, -0.05) is 81.4 Å². The highest BCUT2D eigenvalue weighted by Crippen LogP contribution is 2.37. The smallest absolute Gasteiger partial charge is 0.192 e. The molecule has 2 rings (SSSR count). The Morgan fingerprint density at radius 1 is 0.838 bits per heavy atom. The first kappa shape index (κ1) is 31.6. The standard InChI is InChI=1S/C28H44O8Si/c1-28(2,3)37(5,6)35-20-25(32-18-22-13-9-7-10-14-22)27(33-19-23-15-11-8-12-16-23)26(30)24(17-29)36-34-21-31-4/h7-16,24-27,29-30H,17-21H2,1-6H3/t24-,25+,26+,27-/m1/s1. The number of hydrogen-bond donors (Lipinski definition) is 2. The summed E-state index contributed by atoms with van der Waals surface area (Å²) in [6.07, 6.45) is -3.92. The van der Waals surface area contributed by atoms with Gasteiger partial charge in [0.2, 0.25) is 0 Å². The van der Waals surface area contributed by atoms with Gasteiger partial charge in [0.25, 0.3) is 0 Å². The molecule has 0 saturated heterocycles. The Bertz CT molecular complexity index is 859. The summed E-state index contributed by atoms with van der Waals surface area (Å²) in [6, 6.07) is 19.4. The summed E-state index contributed by atoms with van der Waals surface area (Å²) in [5.41, 5.74) is 1.92. The fourth-order valence-corrected chi connectivity index (χ4v) is 4.30. The number of methoxy groups -OCH3 is 1. The second kappa shape index (κ2) is 15.7. The third-order valence-corrected chi connectivity index (χ3v) is 11.1. The van der Waals surface area contributed by atoms with Gasteiger partial charge in [0.1, 0.15) is 24.4 Å². The zero-order chi connectivity index (χ0) is 27.3. The minimum absolute atomic E-state index is 0.0132. The van der Waals surface area contributed by atoms with Crippen molar-refractivity contribution in [1.29, 1.82) is 0 Å². The van der Waals surface area contributed by atoms with Gasteiger partial charge in [-0.15, -0.1) is 0 Å². The van der Waals surface area contributed by atoms with Gasteiger partial charge in [-0.2, -0.15) is 0 Å². The molecular formula is C28H44O8Si. The molecular weight excluding hydrogens is 492 g/mol. The molecule has 0 aliphatic heterocycles. The maximum atomic E-state index is 11.3. The van der Waals surface area contributed by atoms with Crippen LogP contribution in [0.15, 0.2) is 60.7 Å². The Kier molecular flexibility index (Phi) is 13.4. The molecule has 208 valence electrons. The van der Waals surface area contributed by atoms with Crippen LogP contribution in [-0.2, 0) is 41.6 Å². The lowest BCUT2D eigenvalue weighted by Crippen LogP contribution is -2.52. The number of hydrogen-bond acceptors (Lipinski definition) is 8. The van der Waals surface area contributed by atoms with E-state index in [0.717, 1.165) is 11.1 Å². The van der Waals surface area contributed by atoms with Crippen LogP contribution in [0.4, 0.5) is 0 Å². The SMILES string of the molecule is COCOO[C@H](CO)[C@H](O)[C@H](OCc1ccccc1)[C@H](CO[Si](C)(C)C(C)(C)C)OCc1ccccc1. The van der Waals surface area contributed by atoms with Crippen LogP contribution in [0.5, 0.6) is 0 Å². The van der Waals surface area contributed by atoms with E-state index in [1.807, 2.05) is 60.7 Å². The van der Waals surface area contributed by atoms with E-state index in [1.165, 1.54) is 7.11 Å². The summed E-state index contributed by atoms with van der Waals surface area (Å²) in [5.74, 6) is 0. The van der Waals surface area contributed by atoms with Crippen molar-refractivity contribution in [3.8, 4) is 0 Å². The summed E-state index contributed by atoms with van der Waals surface area (Å²) >= 11 is 0. The molecule has 2 aromatic carbocycles. The van der Waals surface area contributed by atoms with Crippen molar-refractivity contribution < 1.29 is 38.6 Å². The van der Waals surface area contributed by atoms with Crippen LogP contribution in [0.3, 0.4) is 0 Å². The number of ether oxygens (including phenoxy) is 3. The molecule has 0 radical (unpaired) electrons. The molecule has 8 nitrogen and oxygen atoms in total. The van der Waals surface area contributed by atoms with Crippen molar-refractivity contribution >= 4 is 8.32 Å². The van der Waals surface area contributed by atoms with Gasteiger partial charge in [-0.05, 0) is 29.3 Å². The van der Waals surface area contributed by atoms with Crippen LogP contribution in [0, 0.1) is 0 Å². The number of aliphatic hydroxyl groups excluding tert-OH is 2. The minimum atomic E-state index is -2.14. The van der Waals surface area contributed by atoms with Crippen LogP contribution in [-0.4, -0.2) is 70.1 Å². The van der Waals surface area contributed by atoms with Crippen LogP contribution in [0.2, 0.25) is 18.1 Å². The predicted octanol–water partition coefficient (Wildman–Crippen LogP) is 4.45. The normalized spacial score (nSPS) is 15.8. The van der Waals surface area contributed by atoms with E-state index in [-0.39, 0.29) is 25.0 Å². The third kappa shape index (κ3) is 10.6. The van der Waals surface area contributed by atoms with E-state index in [4.69, 9.17) is 28.4 Å². The van der Waals surface area contributed by atoms with Gasteiger partial charge in [0, 0.05) is 7.11 Å². The average molecular weight is 537 g/mol. The summed E-state index contributed by atoms with van der Waals surface area (Å²) < 4.78 is 24.0. The van der Waals surface area contributed by atoms with E-state index >= 15 is 0 Å². The number of aliphatic hydroxyl groups is 2. The quantitative estimate of drug-likeness (QED) is 0.101. The molecule has 0 unspecified atom stereocenters. The zero-order valence-corrected chi connectivity index (χ0v) is 24.0. The Labute approximate surface area is 222 Å². The number of benzene rings is 2. The summed E-state index contributed by atoms with van der Waals surface area (Å²) in [7, 11) is -0.694. The first-order valence-corrected chi connectivity index (χ1v) is 15.5. The predicted molar refractivity (Wildman–Crippen MR) is 144 cm³/mol. The van der Waals surface area contributed by atoms with Gasteiger partial charge < -0.3 is 28.8 Å². The molecule has 0 amide bonds. The summed E-state index contributed by atoms with van der Waals surface area (Å²) in [5, 5.41) is 21.3. The zero-order valence-electron chi connectivity index (χ0n) is 23.0. The Balaban J connectivity index is 2.31. The Hall–Kier alpha value is -1.66. The largest absolute Gasteiger partial charge is 0.414 e. The number of rotatable bonds is 17. The van der Waals surface area contributed by atoms with Crippen molar-refractivity contribution in [2.24, 2.45) is 0 Å². The highest BCUT2D eigenvalue weighted by atomic mass is 28.4. The molecule has 0 aliphatic carbocycles. The van der Waals surface area contributed by atoms with E-state index in [9.17, 15) is 10.2 Å². The van der Waals surface area contributed by atoms with Crippen molar-refractivity contribution in [3.05, 3.63) is 71.8 Å². The molecule has 0 heterocycles. The topological polar surface area (TPSA) is 95.8 Å². The van der Waals surface area contributed by atoms with Crippen molar-refractivity contribution in [2.75, 3.05) is 27.1 Å². The van der Waals surface area contributed by atoms with Crippen molar-refractivity contribution in [3.63, 3.8) is 0 Å². The first-order valence-electron chi connectivity index (χ1n) is 12.6. The fraction of sp³-hybridized carbons (Fsp3) is 0.571. The molecule has 2 N–H and O–H groups in total. The molecule has 2 aromatic rings.